The molecule has 6 nitrogen and oxygen atoms in total. The highest BCUT2D eigenvalue weighted by molar-refractivity contribution is 5.80. The van der Waals surface area contributed by atoms with Gasteiger partial charge in [-0.15, -0.1) is 0 Å². The molecule has 1 saturated heterocycles. The first kappa shape index (κ1) is 15.7. The quantitative estimate of drug-likeness (QED) is 0.901. The molecule has 2 heterocycles. The Hall–Kier alpha value is -1.64. The van der Waals surface area contributed by atoms with Gasteiger partial charge in [0, 0.05) is 6.04 Å². The summed E-state index contributed by atoms with van der Waals surface area (Å²) in [5.74, 6) is -0.579. The van der Waals surface area contributed by atoms with Crippen molar-refractivity contribution < 1.29 is 18.0 Å². The number of rotatable bonds is 4. The molecule has 1 aliphatic rings. The van der Waals surface area contributed by atoms with Crippen molar-refractivity contribution in [3.63, 3.8) is 0 Å². The van der Waals surface area contributed by atoms with E-state index in [0.29, 0.717) is 25.9 Å². The maximum absolute atomic E-state index is 12.8. The maximum atomic E-state index is 12.8. The van der Waals surface area contributed by atoms with Crippen molar-refractivity contribution in [1.29, 1.82) is 0 Å². The number of aromatic nitrogens is 3. The number of nitrogens with one attached hydrogen (secondary N) is 1. The van der Waals surface area contributed by atoms with Crippen LogP contribution in [-0.2, 0) is 4.79 Å². The molecule has 0 aromatic carbocycles. The van der Waals surface area contributed by atoms with Crippen molar-refractivity contribution in [3.8, 4) is 0 Å². The van der Waals surface area contributed by atoms with Crippen LogP contribution in [0, 0.1) is 0 Å². The Labute approximate surface area is 120 Å². The summed E-state index contributed by atoms with van der Waals surface area (Å²) in [5.41, 5.74) is 0. The van der Waals surface area contributed by atoms with Crippen molar-refractivity contribution in [2.75, 3.05) is 19.6 Å². The third-order valence-corrected chi connectivity index (χ3v) is 3.57. The number of hydrogen-bond acceptors (Lipinski definition) is 4. The highest BCUT2D eigenvalue weighted by atomic mass is 19.4. The van der Waals surface area contributed by atoms with Crippen molar-refractivity contribution in [3.05, 3.63) is 12.7 Å². The van der Waals surface area contributed by atoms with Crippen LogP contribution >= 0.6 is 0 Å². The molecule has 1 aliphatic heterocycles. The highest BCUT2D eigenvalue weighted by Gasteiger charge is 2.38. The second-order valence-corrected chi connectivity index (χ2v) is 5.11. The SMILES string of the molecule is CC(C(=O)N(CC(F)(F)F)C1CCNCC1)n1cncn1. The molecule has 0 saturated carbocycles. The van der Waals surface area contributed by atoms with Crippen molar-refractivity contribution in [1.82, 2.24) is 25.0 Å². The zero-order valence-electron chi connectivity index (χ0n) is 11.7. The van der Waals surface area contributed by atoms with Gasteiger partial charge in [-0.05, 0) is 32.9 Å². The molecule has 1 amide bonds. The highest BCUT2D eigenvalue weighted by Crippen LogP contribution is 2.24. The van der Waals surface area contributed by atoms with E-state index in [-0.39, 0.29) is 0 Å². The fraction of sp³-hybridized carbons (Fsp3) is 0.750. The zero-order valence-corrected chi connectivity index (χ0v) is 11.7. The van der Waals surface area contributed by atoms with Gasteiger partial charge in [0.05, 0.1) is 0 Å². The standard InChI is InChI=1S/C12H18F3N5O/c1-9(20-8-17-7-18-20)11(21)19(6-12(13,14)15)10-2-4-16-5-3-10/h7-10,16H,2-6H2,1H3. The second kappa shape index (κ2) is 6.42. The summed E-state index contributed by atoms with van der Waals surface area (Å²) in [6.07, 6.45) is -0.792. The van der Waals surface area contributed by atoms with Crippen molar-refractivity contribution in [2.45, 2.75) is 38.0 Å². The number of piperidine rings is 1. The second-order valence-electron chi connectivity index (χ2n) is 5.11. The Balaban J connectivity index is 2.15. The molecule has 0 aliphatic carbocycles. The lowest BCUT2D eigenvalue weighted by Gasteiger charge is -2.36. The predicted molar refractivity (Wildman–Crippen MR) is 68.4 cm³/mol. The van der Waals surface area contributed by atoms with E-state index in [1.54, 1.807) is 0 Å². The van der Waals surface area contributed by atoms with Crippen molar-refractivity contribution in [2.24, 2.45) is 0 Å². The molecule has 2 rings (SSSR count). The van der Waals surface area contributed by atoms with Crippen LogP contribution in [0.15, 0.2) is 12.7 Å². The minimum Gasteiger partial charge on any atom is -0.329 e. The van der Waals surface area contributed by atoms with Crippen LogP contribution in [0.25, 0.3) is 0 Å². The van der Waals surface area contributed by atoms with Gasteiger partial charge in [0.15, 0.2) is 0 Å². The number of carbonyl (C=O) groups excluding carboxylic acids is 1. The molecular formula is C12H18F3N5O. The van der Waals surface area contributed by atoms with E-state index in [4.69, 9.17) is 0 Å². The summed E-state index contributed by atoms with van der Waals surface area (Å²) in [5, 5.41) is 6.91. The van der Waals surface area contributed by atoms with E-state index in [1.165, 1.54) is 24.3 Å². The van der Waals surface area contributed by atoms with Crippen LogP contribution in [0.1, 0.15) is 25.8 Å². The van der Waals surface area contributed by atoms with Crippen LogP contribution < -0.4 is 5.32 Å². The molecule has 118 valence electrons. The zero-order chi connectivity index (χ0) is 15.5. The minimum atomic E-state index is -4.41. The molecule has 1 N–H and O–H groups in total. The van der Waals surface area contributed by atoms with Crippen molar-refractivity contribution >= 4 is 5.91 Å². The molecular weight excluding hydrogens is 287 g/mol. The number of amides is 1. The lowest BCUT2D eigenvalue weighted by atomic mass is 10.0. The molecule has 1 aromatic rings. The molecule has 0 spiro atoms. The van der Waals surface area contributed by atoms with Gasteiger partial charge in [-0.1, -0.05) is 0 Å². The van der Waals surface area contributed by atoms with Crippen LogP contribution in [0.4, 0.5) is 13.2 Å². The Bertz CT molecular complexity index is 456. The monoisotopic (exact) mass is 305 g/mol. The molecule has 1 aromatic heterocycles. The molecule has 0 radical (unpaired) electrons. The topological polar surface area (TPSA) is 63.1 Å². The fourth-order valence-corrected chi connectivity index (χ4v) is 2.47. The van der Waals surface area contributed by atoms with Crippen LogP contribution in [0.2, 0.25) is 0 Å². The Morgan fingerprint density at radius 1 is 1.48 bits per heavy atom. The maximum Gasteiger partial charge on any atom is 0.406 e. The van der Waals surface area contributed by atoms with E-state index in [1.807, 2.05) is 0 Å². The third-order valence-electron chi connectivity index (χ3n) is 3.57. The molecule has 1 fully saturated rings. The first-order valence-corrected chi connectivity index (χ1v) is 6.80. The average molecular weight is 305 g/mol. The van der Waals surface area contributed by atoms with Crippen LogP contribution in [0.3, 0.4) is 0 Å². The number of carbonyl (C=O) groups is 1. The summed E-state index contributed by atoms with van der Waals surface area (Å²) in [6.45, 7) is 1.53. The lowest BCUT2D eigenvalue weighted by molar-refractivity contribution is -0.168. The van der Waals surface area contributed by atoms with Gasteiger partial charge in [-0.2, -0.15) is 18.3 Å². The molecule has 1 unspecified atom stereocenters. The molecule has 1 atom stereocenters. The van der Waals surface area contributed by atoms with Gasteiger partial charge in [-0.25, -0.2) is 9.67 Å². The van der Waals surface area contributed by atoms with E-state index in [2.05, 4.69) is 15.4 Å². The molecule has 0 bridgehead atoms. The molecule has 21 heavy (non-hydrogen) atoms. The fourth-order valence-electron chi connectivity index (χ4n) is 2.47. The number of nitrogens with zero attached hydrogens (tertiary/aromatic N) is 4. The van der Waals surface area contributed by atoms with E-state index in [0.717, 1.165) is 4.90 Å². The Morgan fingerprint density at radius 3 is 2.67 bits per heavy atom. The van der Waals surface area contributed by atoms with Gasteiger partial charge >= 0.3 is 6.18 Å². The van der Waals surface area contributed by atoms with Gasteiger partial charge < -0.3 is 10.2 Å². The molecule has 9 heteroatoms. The smallest absolute Gasteiger partial charge is 0.329 e. The normalized spacial score (nSPS) is 18.5. The van der Waals surface area contributed by atoms with Gasteiger partial charge in [0.25, 0.3) is 0 Å². The Kier molecular flexibility index (Phi) is 4.81. The predicted octanol–water partition coefficient (Wildman–Crippen LogP) is 0.982. The summed E-state index contributed by atoms with van der Waals surface area (Å²) in [4.78, 5) is 17.1. The number of hydrogen-bond donors (Lipinski definition) is 1. The summed E-state index contributed by atoms with van der Waals surface area (Å²) >= 11 is 0. The summed E-state index contributed by atoms with van der Waals surface area (Å²) in [6, 6.07) is -1.20. The van der Waals surface area contributed by atoms with E-state index < -0.39 is 30.7 Å². The van der Waals surface area contributed by atoms with Crippen LogP contribution in [-0.4, -0.2) is 57.4 Å². The number of alkyl halides is 3. The third kappa shape index (κ3) is 4.16. The first-order chi connectivity index (χ1) is 9.88. The largest absolute Gasteiger partial charge is 0.406 e. The first-order valence-electron chi connectivity index (χ1n) is 6.80. The van der Waals surface area contributed by atoms with Crippen LogP contribution in [0.5, 0.6) is 0 Å². The summed E-state index contributed by atoms with van der Waals surface area (Å²) < 4.78 is 39.6. The van der Waals surface area contributed by atoms with E-state index >= 15 is 0 Å². The lowest BCUT2D eigenvalue weighted by Crippen LogP contribution is -2.51. The summed E-state index contributed by atoms with van der Waals surface area (Å²) in [7, 11) is 0. The van der Waals surface area contributed by atoms with E-state index in [9.17, 15) is 18.0 Å². The Morgan fingerprint density at radius 2 is 2.14 bits per heavy atom. The van der Waals surface area contributed by atoms with Gasteiger partial charge in [0.2, 0.25) is 5.91 Å². The number of halogens is 3. The minimum absolute atomic E-state index is 0.397. The van der Waals surface area contributed by atoms with Gasteiger partial charge in [-0.3, -0.25) is 4.79 Å². The van der Waals surface area contributed by atoms with Gasteiger partial charge in [0.1, 0.15) is 25.2 Å². The average Bonchev–Trinajstić information content (AvgIpc) is 2.97.